The third kappa shape index (κ3) is 3.37. The summed E-state index contributed by atoms with van der Waals surface area (Å²) in [4.78, 5) is 23.9. The van der Waals surface area contributed by atoms with E-state index in [9.17, 15) is 22.8 Å². The summed E-state index contributed by atoms with van der Waals surface area (Å²) < 4.78 is 44.7. The lowest BCUT2D eigenvalue weighted by atomic mass is 9.87. The van der Waals surface area contributed by atoms with Crippen molar-refractivity contribution in [1.29, 1.82) is 0 Å². The van der Waals surface area contributed by atoms with E-state index in [2.05, 4.69) is 0 Å². The second-order valence-corrected chi connectivity index (χ2v) is 4.58. The highest BCUT2D eigenvalue weighted by molar-refractivity contribution is 6.09. The number of rotatable bonds is 5. The number of carbonyl (C=O) groups excluding carboxylic acids is 2. The van der Waals surface area contributed by atoms with Crippen molar-refractivity contribution in [3.05, 3.63) is 35.1 Å². The van der Waals surface area contributed by atoms with Crippen molar-refractivity contribution in [2.75, 3.05) is 6.61 Å². The molecule has 1 atom stereocenters. The van der Waals surface area contributed by atoms with Crippen molar-refractivity contribution in [3.63, 3.8) is 0 Å². The summed E-state index contributed by atoms with van der Waals surface area (Å²) in [6.45, 7) is 4.71. The molecule has 0 amide bonds. The smallest absolute Gasteiger partial charge is 0.317 e. The Bertz CT molecular complexity index is 503. The standard InChI is InChI=1S/C14H15F3O3/c1-4-20-14(19)11(7(2)3)13(18)12-9(16)5-8(15)6-10(12)17/h5-7,11H,4H2,1-3H3. The number of carbonyl (C=O) groups is 2. The van der Waals surface area contributed by atoms with Crippen LogP contribution in [0.1, 0.15) is 31.1 Å². The highest BCUT2D eigenvalue weighted by Crippen LogP contribution is 2.23. The van der Waals surface area contributed by atoms with E-state index in [0.29, 0.717) is 12.1 Å². The lowest BCUT2D eigenvalue weighted by molar-refractivity contribution is -0.147. The van der Waals surface area contributed by atoms with Crippen molar-refractivity contribution in [2.24, 2.45) is 11.8 Å². The molecule has 6 heteroatoms. The summed E-state index contributed by atoms with van der Waals surface area (Å²) in [7, 11) is 0. The molecule has 1 aromatic rings. The third-order valence-electron chi connectivity index (χ3n) is 2.74. The molecule has 0 spiro atoms. The summed E-state index contributed by atoms with van der Waals surface area (Å²) in [6.07, 6.45) is 0. The zero-order chi connectivity index (χ0) is 15.4. The topological polar surface area (TPSA) is 43.4 Å². The lowest BCUT2D eigenvalue weighted by Gasteiger charge is -2.18. The maximum atomic E-state index is 13.6. The average molecular weight is 288 g/mol. The molecule has 3 nitrogen and oxygen atoms in total. The van der Waals surface area contributed by atoms with E-state index in [0.717, 1.165) is 0 Å². The zero-order valence-corrected chi connectivity index (χ0v) is 11.4. The molecule has 0 aliphatic rings. The number of esters is 1. The molecule has 0 N–H and O–H groups in total. The van der Waals surface area contributed by atoms with Crippen molar-refractivity contribution >= 4 is 11.8 Å². The minimum Gasteiger partial charge on any atom is -0.465 e. The Morgan fingerprint density at radius 1 is 1.15 bits per heavy atom. The number of Topliss-reactive ketones (excluding diaryl/α,β-unsaturated/α-hetero) is 1. The molecule has 1 unspecified atom stereocenters. The predicted octanol–water partition coefficient (Wildman–Crippen LogP) is 3.12. The summed E-state index contributed by atoms with van der Waals surface area (Å²) in [6, 6.07) is 0.803. The van der Waals surface area contributed by atoms with Crippen LogP contribution in [0.4, 0.5) is 13.2 Å². The fraction of sp³-hybridized carbons (Fsp3) is 0.429. The molecule has 0 aromatic heterocycles. The van der Waals surface area contributed by atoms with Gasteiger partial charge >= 0.3 is 5.97 Å². The fourth-order valence-electron chi connectivity index (χ4n) is 1.85. The minimum absolute atomic E-state index is 0.0454. The van der Waals surface area contributed by atoms with Gasteiger partial charge in [-0.25, -0.2) is 13.2 Å². The summed E-state index contributed by atoms with van der Waals surface area (Å²) in [5.41, 5.74) is -0.918. The summed E-state index contributed by atoms with van der Waals surface area (Å²) >= 11 is 0. The molecule has 0 radical (unpaired) electrons. The monoisotopic (exact) mass is 288 g/mol. The van der Waals surface area contributed by atoms with Crippen molar-refractivity contribution in [3.8, 4) is 0 Å². The Kier molecular flexibility index (Phi) is 5.30. The van der Waals surface area contributed by atoms with E-state index in [1.807, 2.05) is 0 Å². The number of hydrogen-bond acceptors (Lipinski definition) is 3. The zero-order valence-electron chi connectivity index (χ0n) is 11.4. The van der Waals surface area contributed by atoms with Gasteiger partial charge in [-0.1, -0.05) is 13.8 Å². The molecular weight excluding hydrogens is 273 g/mol. The van der Waals surface area contributed by atoms with Crippen LogP contribution in [0.3, 0.4) is 0 Å². The van der Waals surface area contributed by atoms with Gasteiger partial charge in [0.1, 0.15) is 23.4 Å². The second kappa shape index (κ2) is 6.54. The normalized spacial score (nSPS) is 12.3. The largest absolute Gasteiger partial charge is 0.465 e. The van der Waals surface area contributed by atoms with E-state index in [1.54, 1.807) is 20.8 Å². The van der Waals surface area contributed by atoms with Crippen LogP contribution in [-0.2, 0) is 9.53 Å². The van der Waals surface area contributed by atoms with Gasteiger partial charge in [0.05, 0.1) is 12.2 Å². The summed E-state index contributed by atoms with van der Waals surface area (Å²) in [5.74, 6) is -7.53. The van der Waals surface area contributed by atoms with Gasteiger partial charge in [-0.05, 0) is 12.8 Å². The summed E-state index contributed by atoms with van der Waals surface area (Å²) in [5, 5.41) is 0. The van der Waals surface area contributed by atoms with E-state index in [4.69, 9.17) is 4.74 Å². The van der Waals surface area contributed by atoms with Crippen molar-refractivity contribution < 1.29 is 27.5 Å². The van der Waals surface area contributed by atoms with Crippen LogP contribution >= 0.6 is 0 Å². The third-order valence-corrected chi connectivity index (χ3v) is 2.74. The van der Waals surface area contributed by atoms with Gasteiger partial charge in [0.25, 0.3) is 0 Å². The van der Waals surface area contributed by atoms with E-state index < -0.39 is 46.6 Å². The molecular formula is C14H15F3O3. The van der Waals surface area contributed by atoms with E-state index in [-0.39, 0.29) is 6.61 Å². The van der Waals surface area contributed by atoms with E-state index >= 15 is 0 Å². The van der Waals surface area contributed by atoms with Gasteiger partial charge in [0.15, 0.2) is 5.78 Å². The minimum atomic E-state index is -1.33. The van der Waals surface area contributed by atoms with Crippen LogP contribution in [0.5, 0.6) is 0 Å². The second-order valence-electron chi connectivity index (χ2n) is 4.58. The molecule has 20 heavy (non-hydrogen) atoms. The molecule has 1 aromatic carbocycles. The number of benzene rings is 1. The predicted molar refractivity (Wildman–Crippen MR) is 65.6 cm³/mol. The Morgan fingerprint density at radius 3 is 2.05 bits per heavy atom. The van der Waals surface area contributed by atoms with Crippen LogP contribution in [0, 0.1) is 29.3 Å². The average Bonchev–Trinajstić information content (AvgIpc) is 2.26. The fourth-order valence-corrected chi connectivity index (χ4v) is 1.85. The molecule has 0 aliphatic heterocycles. The molecule has 0 saturated carbocycles. The SMILES string of the molecule is CCOC(=O)C(C(=O)c1c(F)cc(F)cc1F)C(C)C. The Labute approximate surface area is 114 Å². The number of ether oxygens (including phenoxy) is 1. The van der Waals surface area contributed by atoms with Crippen LogP contribution in [-0.4, -0.2) is 18.4 Å². The number of halogens is 3. The van der Waals surface area contributed by atoms with Crippen LogP contribution in [0.15, 0.2) is 12.1 Å². The van der Waals surface area contributed by atoms with Crippen LogP contribution < -0.4 is 0 Å². The first-order valence-electron chi connectivity index (χ1n) is 6.15. The number of ketones is 1. The quantitative estimate of drug-likeness (QED) is 0.475. The van der Waals surface area contributed by atoms with E-state index in [1.165, 1.54) is 0 Å². The Hall–Kier alpha value is -1.85. The first kappa shape index (κ1) is 16.2. The molecule has 1 rings (SSSR count). The van der Waals surface area contributed by atoms with Crippen molar-refractivity contribution in [1.82, 2.24) is 0 Å². The highest BCUT2D eigenvalue weighted by atomic mass is 19.1. The number of hydrogen-bond donors (Lipinski definition) is 0. The molecule has 0 bridgehead atoms. The van der Waals surface area contributed by atoms with Gasteiger partial charge in [0.2, 0.25) is 0 Å². The highest BCUT2D eigenvalue weighted by Gasteiger charge is 2.35. The van der Waals surface area contributed by atoms with Gasteiger partial charge in [0, 0.05) is 12.1 Å². The maximum Gasteiger partial charge on any atom is 0.317 e. The van der Waals surface area contributed by atoms with Crippen molar-refractivity contribution in [2.45, 2.75) is 20.8 Å². The molecule has 0 fully saturated rings. The first-order chi connectivity index (χ1) is 9.29. The lowest BCUT2D eigenvalue weighted by Crippen LogP contribution is -2.32. The molecule has 0 heterocycles. The van der Waals surface area contributed by atoms with Gasteiger partial charge in [-0.2, -0.15) is 0 Å². The van der Waals surface area contributed by atoms with Crippen LogP contribution in [0.2, 0.25) is 0 Å². The first-order valence-corrected chi connectivity index (χ1v) is 6.15. The Balaban J connectivity index is 3.23. The van der Waals surface area contributed by atoms with Gasteiger partial charge < -0.3 is 4.74 Å². The Morgan fingerprint density at radius 2 is 1.65 bits per heavy atom. The maximum absolute atomic E-state index is 13.6. The van der Waals surface area contributed by atoms with Gasteiger partial charge in [-0.15, -0.1) is 0 Å². The molecule has 0 aliphatic carbocycles. The molecule has 0 saturated heterocycles. The van der Waals surface area contributed by atoms with Crippen LogP contribution in [0.25, 0.3) is 0 Å². The van der Waals surface area contributed by atoms with Gasteiger partial charge in [-0.3, -0.25) is 9.59 Å². The molecule has 110 valence electrons.